The van der Waals surface area contributed by atoms with E-state index < -0.39 is 28.5 Å². The third-order valence-corrected chi connectivity index (χ3v) is 1.44. The van der Waals surface area contributed by atoms with Gasteiger partial charge in [0, 0.05) is 0 Å². The highest BCUT2D eigenvalue weighted by Gasteiger charge is 2.30. The fraction of sp³-hybridized carbons (Fsp3) is 0.750. The van der Waals surface area contributed by atoms with E-state index in [1.54, 1.807) is 0 Å². The number of amides is 1. The minimum Gasteiger partial charge on any atom is -0.378 e. The predicted octanol–water partition coefficient (Wildman–Crippen LogP) is -1.96. The predicted molar refractivity (Wildman–Crippen MR) is 37.3 cm³/mol. The van der Waals surface area contributed by atoms with E-state index in [1.807, 2.05) is 0 Å². The first kappa shape index (κ1) is 11.3. The molecule has 72 valence electrons. The van der Waals surface area contributed by atoms with E-state index >= 15 is 0 Å². The van der Waals surface area contributed by atoms with Gasteiger partial charge < -0.3 is 10.8 Å². The van der Waals surface area contributed by atoms with Crippen LogP contribution in [0.5, 0.6) is 0 Å². The van der Waals surface area contributed by atoms with Gasteiger partial charge in [0.05, 0.1) is 0 Å². The second-order valence-corrected chi connectivity index (χ2v) is 3.42. The van der Waals surface area contributed by atoms with Gasteiger partial charge in [0.1, 0.15) is 6.61 Å². The standard InChI is InChI=1S/C4H9NO6S/c1-4(7,3(5)6)2-11-12(8,9)10/h7H,2H2,1H3,(H2,5,6)(H,8,9,10). The van der Waals surface area contributed by atoms with Crippen LogP contribution in [0, 0.1) is 0 Å². The number of aliphatic hydroxyl groups is 1. The molecule has 1 unspecified atom stereocenters. The second kappa shape index (κ2) is 3.35. The number of carbonyl (C=O) groups excluding carboxylic acids is 1. The summed E-state index contributed by atoms with van der Waals surface area (Å²) in [5.74, 6) is -1.15. The number of hydrogen-bond donors (Lipinski definition) is 3. The Kier molecular flexibility index (Phi) is 3.16. The Morgan fingerprint density at radius 3 is 2.33 bits per heavy atom. The van der Waals surface area contributed by atoms with Crippen LogP contribution in [0.2, 0.25) is 0 Å². The van der Waals surface area contributed by atoms with Crippen molar-refractivity contribution >= 4 is 16.3 Å². The van der Waals surface area contributed by atoms with E-state index in [1.165, 1.54) is 0 Å². The highest BCUT2D eigenvalue weighted by molar-refractivity contribution is 7.80. The topological polar surface area (TPSA) is 127 Å². The van der Waals surface area contributed by atoms with Crippen LogP contribution in [0.4, 0.5) is 0 Å². The van der Waals surface area contributed by atoms with Gasteiger partial charge in [-0.2, -0.15) is 8.42 Å². The molecule has 4 N–H and O–H groups in total. The van der Waals surface area contributed by atoms with Gasteiger partial charge in [0.15, 0.2) is 5.60 Å². The van der Waals surface area contributed by atoms with Crippen molar-refractivity contribution in [3.05, 3.63) is 0 Å². The van der Waals surface area contributed by atoms with Crippen LogP contribution in [0.1, 0.15) is 6.92 Å². The fourth-order valence-corrected chi connectivity index (χ4v) is 0.639. The van der Waals surface area contributed by atoms with Crippen LogP contribution < -0.4 is 5.73 Å². The van der Waals surface area contributed by atoms with Gasteiger partial charge in [-0.1, -0.05) is 0 Å². The number of carbonyl (C=O) groups is 1. The number of hydrogen-bond acceptors (Lipinski definition) is 5. The molecule has 0 radical (unpaired) electrons. The molecule has 0 saturated carbocycles. The molecule has 0 aliphatic heterocycles. The SMILES string of the molecule is CC(O)(COS(=O)(=O)O)C(N)=O. The van der Waals surface area contributed by atoms with E-state index in [0.29, 0.717) is 0 Å². The van der Waals surface area contributed by atoms with Gasteiger partial charge in [-0.25, -0.2) is 4.18 Å². The fourth-order valence-electron chi connectivity index (χ4n) is 0.260. The average molecular weight is 199 g/mol. The molecule has 0 aromatic carbocycles. The Hall–Kier alpha value is -0.700. The molecule has 1 atom stereocenters. The normalized spacial score (nSPS) is 16.9. The molecule has 0 aliphatic rings. The highest BCUT2D eigenvalue weighted by atomic mass is 32.3. The van der Waals surface area contributed by atoms with E-state index in [4.69, 9.17) is 9.66 Å². The molecule has 0 bridgehead atoms. The molecule has 0 aliphatic carbocycles. The first-order valence-corrected chi connectivity index (χ1v) is 4.16. The van der Waals surface area contributed by atoms with Gasteiger partial charge in [-0.3, -0.25) is 9.35 Å². The maximum absolute atomic E-state index is 10.4. The minimum atomic E-state index is -4.66. The summed E-state index contributed by atoms with van der Waals surface area (Å²) in [6.45, 7) is 0.0433. The Balaban J connectivity index is 4.20. The summed E-state index contributed by atoms with van der Waals surface area (Å²) in [4.78, 5) is 10.4. The lowest BCUT2D eigenvalue weighted by Gasteiger charge is -2.16. The summed E-state index contributed by atoms with van der Waals surface area (Å²) in [6.07, 6.45) is 0. The smallest absolute Gasteiger partial charge is 0.378 e. The summed E-state index contributed by atoms with van der Waals surface area (Å²) < 4.78 is 31.7. The Bertz CT molecular complexity index is 267. The molecule has 0 fully saturated rings. The zero-order valence-corrected chi connectivity index (χ0v) is 7.04. The molecule has 0 saturated heterocycles. The van der Waals surface area contributed by atoms with Gasteiger partial charge in [-0.15, -0.1) is 0 Å². The lowest BCUT2D eigenvalue weighted by molar-refractivity contribution is -0.137. The van der Waals surface area contributed by atoms with E-state index in [2.05, 4.69) is 9.92 Å². The highest BCUT2D eigenvalue weighted by Crippen LogP contribution is 2.03. The Morgan fingerprint density at radius 2 is 2.08 bits per heavy atom. The van der Waals surface area contributed by atoms with Crippen LogP contribution in [0.3, 0.4) is 0 Å². The number of rotatable bonds is 4. The van der Waals surface area contributed by atoms with Crippen molar-refractivity contribution < 1.29 is 27.1 Å². The Morgan fingerprint density at radius 1 is 1.67 bits per heavy atom. The molecule has 0 aromatic heterocycles. The molecular formula is C4H9NO6S. The van der Waals surface area contributed by atoms with Crippen molar-refractivity contribution in [2.75, 3.05) is 6.61 Å². The van der Waals surface area contributed by atoms with Crippen molar-refractivity contribution in [1.29, 1.82) is 0 Å². The van der Waals surface area contributed by atoms with Gasteiger partial charge in [-0.05, 0) is 6.92 Å². The monoisotopic (exact) mass is 199 g/mol. The molecule has 0 heterocycles. The van der Waals surface area contributed by atoms with Crippen molar-refractivity contribution in [2.24, 2.45) is 5.73 Å². The first-order valence-electron chi connectivity index (χ1n) is 2.79. The van der Waals surface area contributed by atoms with Gasteiger partial charge >= 0.3 is 10.4 Å². The van der Waals surface area contributed by atoms with Crippen molar-refractivity contribution in [2.45, 2.75) is 12.5 Å². The third kappa shape index (κ3) is 4.23. The second-order valence-electron chi connectivity index (χ2n) is 2.33. The number of primary amides is 1. The maximum atomic E-state index is 10.4. The zero-order chi connectivity index (χ0) is 9.99. The summed E-state index contributed by atoms with van der Waals surface area (Å²) in [7, 11) is -4.66. The molecule has 0 spiro atoms. The zero-order valence-electron chi connectivity index (χ0n) is 6.22. The lowest BCUT2D eigenvalue weighted by atomic mass is 10.1. The molecule has 0 rings (SSSR count). The molecule has 0 aromatic rings. The van der Waals surface area contributed by atoms with Crippen LogP contribution in [0.15, 0.2) is 0 Å². The van der Waals surface area contributed by atoms with Crippen LogP contribution >= 0.6 is 0 Å². The molecule has 8 heteroatoms. The van der Waals surface area contributed by atoms with Crippen LogP contribution in [-0.2, 0) is 19.4 Å². The summed E-state index contributed by atoms with van der Waals surface area (Å²) in [5, 5.41) is 8.98. The Labute approximate surface area is 69.1 Å². The van der Waals surface area contributed by atoms with Gasteiger partial charge in [0.25, 0.3) is 5.91 Å². The van der Waals surface area contributed by atoms with E-state index in [-0.39, 0.29) is 0 Å². The molecule has 12 heavy (non-hydrogen) atoms. The van der Waals surface area contributed by atoms with Crippen LogP contribution in [0.25, 0.3) is 0 Å². The third-order valence-electron chi connectivity index (χ3n) is 1.02. The summed E-state index contributed by atoms with van der Waals surface area (Å²) >= 11 is 0. The lowest BCUT2D eigenvalue weighted by Crippen LogP contribution is -2.45. The van der Waals surface area contributed by atoms with Gasteiger partial charge in [0.2, 0.25) is 0 Å². The number of nitrogens with two attached hydrogens (primary N) is 1. The van der Waals surface area contributed by atoms with Crippen LogP contribution in [-0.4, -0.2) is 36.2 Å². The summed E-state index contributed by atoms with van der Waals surface area (Å²) in [6, 6.07) is 0. The maximum Gasteiger partial charge on any atom is 0.397 e. The van der Waals surface area contributed by atoms with E-state index in [9.17, 15) is 13.2 Å². The molecular weight excluding hydrogens is 190 g/mol. The van der Waals surface area contributed by atoms with Crippen molar-refractivity contribution in [3.63, 3.8) is 0 Å². The van der Waals surface area contributed by atoms with E-state index in [0.717, 1.165) is 6.92 Å². The molecule has 1 amide bonds. The average Bonchev–Trinajstić information content (AvgIpc) is 1.82. The van der Waals surface area contributed by atoms with Crippen molar-refractivity contribution in [3.8, 4) is 0 Å². The largest absolute Gasteiger partial charge is 0.397 e. The quantitative estimate of drug-likeness (QED) is 0.451. The molecule has 7 nitrogen and oxygen atoms in total. The minimum absolute atomic E-state index is 0.916. The first-order chi connectivity index (χ1) is 5.15. The van der Waals surface area contributed by atoms with Crippen molar-refractivity contribution in [1.82, 2.24) is 0 Å². The summed E-state index contributed by atoms with van der Waals surface area (Å²) in [5.41, 5.74) is 2.54.